The van der Waals surface area contributed by atoms with Gasteiger partial charge in [-0.3, -0.25) is 4.99 Å². The van der Waals surface area contributed by atoms with E-state index in [1.54, 1.807) is 0 Å². The minimum Gasteiger partial charge on any atom is -0.357 e. The summed E-state index contributed by atoms with van der Waals surface area (Å²) < 4.78 is 23.4. The van der Waals surface area contributed by atoms with Crippen LogP contribution in [0.25, 0.3) is 0 Å². The third kappa shape index (κ3) is 5.82. The van der Waals surface area contributed by atoms with Gasteiger partial charge in [-0.25, -0.2) is 8.42 Å². The van der Waals surface area contributed by atoms with Gasteiger partial charge in [-0.15, -0.1) is 24.0 Å². The Balaban J connectivity index is 0.00000261. The number of nitrogens with zero attached hydrogens (tertiary/aromatic N) is 1. The molecule has 0 bridgehead atoms. The van der Waals surface area contributed by atoms with Crippen molar-refractivity contribution in [1.82, 2.24) is 10.6 Å². The smallest absolute Gasteiger partial charge is 0.191 e. The molecular weight excluding hydrogens is 473 g/mol. The Bertz CT molecular complexity index is 758. The van der Waals surface area contributed by atoms with Gasteiger partial charge in [-0.1, -0.05) is 42.7 Å². The molecule has 1 heterocycles. The molecule has 1 aliphatic heterocycles. The predicted molar refractivity (Wildman–Crippen MR) is 123 cm³/mol. The van der Waals surface area contributed by atoms with Gasteiger partial charge >= 0.3 is 0 Å². The first-order valence-corrected chi connectivity index (χ1v) is 11.6. The van der Waals surface area contributed by atoms with Crippen molar-refractivity contribution in [3.8, 4) is 0 Å². The summed E-state index contributed by atoms with van der Waals surface area (Å²) in [6.07, 6.45) is 5.48. The number of rotatable bonds is 5. The van der Waals surface area contributed by atoms with Crippen molar-refractivity contribution in [2.45, 2.75) is 57.4 Å². The lowest BCUT2D eigenvalue weighted by atomic mass is 9.78. The standard InChI is InChI=1S/C20H31N3O2S.HI/c1-3-21-19(23-18-9-12-26(24,25)14-18)22-15-20(10-4-5-11-20)17-8-6-7-16(2)13-17;/h6-8,13,18H,3-5,9-12,14-15H2,1-2H3,(H2,21,22,23);1H. The monoisotopic (exact) mass is 505 g/mol. The highest BCUT2D eigenvalue weighted by Crippen LogP contribution is 2.41. The zero-order valence-corrected chi connectivity index (χ0v) is 19.5. The summed E-state index contributed by atoms with van der Waals surface area (Å²) >= 11 is 0. The van der Waals surface area contributed by atoms with Crippen LogP contribution in [0, 0.1) is 6.92 Å². The molecule has 7 heteroatoms. The number of nitrogens with one attached hydrogen (secondary N) is 2. The molecule has 1 saturated heterocycles. The Kier molecular flexibility index (Phi) is 7.97. The molecule has 1 aliphatic carbocycles. The molecule has 2 N–H and O–H groups in total. The Labute approximate surface area is 180 Å². The number of aliphatic imine (C=N–C) groups is 1. The summed E-state index contributed by atoms with van der Waals surface area (Å²) in [5.74, 6) is 1.23. The van der Waals surface area contributed by atoms with E-state index in [9.17, 15) is 8.42 Å². The van der Waals surface area contributed by atoms with Crippen LogP contribution in [0.5, 0.6) is 0 Å². The van der Waals surface area contributed by atoms with Gasteiger partial charge in [-0.2, -0.15) is 0 Å². The fourth-order valence-corrected chi connectivity index (χ4v) is 5.89. The van der Waals surface area contributed by atoms with Crippen molar-refractivity contribution in [2.75, 3.05) is 24.6 Å². The lowest BCUT2D eigenvalue weighted by Crippen LogP contribution is -2.44. The third-order valence-electron chi connectivity index (χ3n) is 5.65. The molecule has 1 atom stereocenters. The van der Waals surface area contributed by atoms with Crippen LogP contribution in [0.15, 0.2) is 29.3 Å². The van der Waals surface area contributed by atoms with Gasteiger partial charge in [0.15, 0.2) is 15.8 Å². The molecule has 5 nitrogen and oxygen atoms in total. The maximum absolute atomic E-state index is 11.7. The Morgan fingerprint density at radius 1 is 1.30 bits per heavy atom. The molecule has 2 aliphatic rings. The topological polar surface area (TPSA) is 70.6 Å². The maximum atomic E-state index is 11.7. The largest absolute Gasteiger partial charge is 0.357 e. The van der Waals surface area contributed by atoms with Crippen molar-refractivity contribution >= 4 is 39.8 Å². The SMILES string of the molecule is CCNC(=NCC1(c2cccc(C)c2)CCCC1)NC1CCS(=O)(=O)C1.I. The van der Waals surface area contributed by atoms with E-state index in [1.165, 1.54) is 24.0 Å². The molecule has 0 spiro atoms. The maximum Gasteiger partial charge on any atom is 0.191 e. The van der Waals surface area contributed by atoms with E-state index in [2.05, 4.69) is 41.8 Å². The minimum absolute atomic E-state index is 0. The number of halogens is 1. The number of sulfone groups is 1. The molecule has 0 radical (unpaired) electrons. The summed E-state index contributed by atoms with van der Waals surface area (Å²) in [7, 11) is -2.89. The van der Waals surface area contributed by atoms with Crippen LogP contribution in [0.4, 0.5) is 0 Å². The zero-order valence-electron chi connectivity index (χ0n) is 16.3. The molecule has 1 aromatic rings. The van der Waals surface area contributed by atoms with Gasteiger partial charge < -0.3 is 10.6 Å². The summed E-state index contributed by atoms with van der Waals surface area (Å²) in [5, 5.41) is 6.62. The molecule has 3 rings (SSSR count). The Morgan fingerprint density at radius 2 is 2.04 bits per heavy atom. The van der Waals surface area contributed by atoms with Crippen molar-refractivity contribution in [1.29, 1.82) is 0 Å². The van der Waals surface area contributed by atoms with Crippen LogP contribution in [-0.4, -0.2) is 45.0 Å². The number of guanidine groups is 1. The molecule has 0 amide bonds. The molecular formula is C20H32IN3O2S. The normalized spacial score (nSPS) is 23.6. The van der Waals surface area contributed by atoms with Crippen molar-refractivity contribution in [2.24, 2.45) is 4.99 Å². The lowest BCUT2D eigenvalue weighted by Gasteiger charge is -2.29. The highest BCUT2D eigenvalue weighted by atomic mass is 127. The van der Waals surface area contributed by atoms with E-state index in [4.69, 9.17) is 4.99 Å². The molecule has 152 valence electrons. The number of hydrogen-bond donors (Lipinski definition) is 2. The van der Waals surface area contributed by atoms with Gasteiger partial charge in [0.25, 0.3) is 0 Å². The second-order valence-corrected chi connectivity index (χ2v) is 10.0. The van der Waals surface area contributed by atoms with Crippen LogP contribution < -0.4 is 10.6 Å². The highest BCUT2D eigenvalue weighted by Gasteiger charge is 2.36. The third-order valence-corrected chi connectivity index (χ3v) is 7.42. The Morgan fingerprint density at radius 3 is 2.63 bits per heavy atom. The fourth-order valence-electron chi connectivity index (χ4n) is 4.22. The summed E-state index contributed by atoms with van der Waals surface area (Å²) in [6, 6.07) is 8.78. The zero-order chi connectivity index (χ0) is 18.6. The summed E-state index contributed by atoms with van der Waals surface area (Å²) in [4.78, 5) is 4.88. The van der Waals surface area contributed by atoms with E-state index in [0.717, 1.165) is 31.9 Å². The fraction of sp³-hybridized carbons (Fsp3) is 0.650. The molecule has 27 heavy (non-hydrogen) atoms. The van der Waals surface area contributed by atoms with Crippen molar-refractivity contribution in [3.05, 3.63) is 35.4 Å². The van der Waals surface area contributed by atoms with E-state index in [0.29, 0.717) is 6.42 Å². The molecule has 1 aromatic carbocycles. The van der Waals surface area contributed by atoms with E-state index < -0.39 is 9.84 Å². The van der Waals surface area contributed by atoms with E-state index >= 15 is 0 Å². The van der Waals surface area contributed by atoms with Crippen LogP contribution in [0.1, 0.15) is 50.2 Å². The van der Waals surface area contributed by atoms with E-state index in [-0.39, 0.29) is 46.9 Å². The predicted octanol–water partition coefficient (Wildman–Crippen LogP) is 3.17. The Hall–Kier alpha value is -0.830. The summed E-state index contributed by atoms with van der Waals surface area (Å²) in [6.45, 7) is 5.68. The van der Waals surface area contributed by atoms with Crippen LogP contribution in [0.3, 0.4) is 0 Å². The van der Waals surface area contributed by atoms with Gasteiger partial charge in [0, 0.05) is 18.0 Å². The quantitative estimate of drug-likeness (QED) is 0.367. The van der Waals surface area contributed by atoms with Crippen molar-refractivity contribution < 1.29 is 8.42 Å². The second kappa shape index (κ2) is 9.58. The number of aryl methyl sites for hydroxylation is 1. The molecule has 2 fully saturated rings. The first kappa shape index (κ1) is 22.5. The summed E-state index contributed by atoms with van der Waals surface area (Å²) in [5.41, 5.74) is 2.79. The lowest BCUT2D eigenvalue weighted by molar-refractivity contribution is 0.451. The number of benzene rings is 1. The van der Waals surface area contributed by atoms with Gasteiger partial charge in [0.1, 0.15) is 0 Å². The van der Waals surface area contributed by atoms with Crippen LogP contribution in [-0.2, 0) is 15.3 Å². The highest BCUT2D eigenvalue weighted by molar-refractivity contribution is 14.0. The van der Waals surface area contributed by atoms with Gasteiger partial charge in [0.2, 0.25) is 0 Å². The van der Waals surface area contributed by atoms with Crippen molar-refractivity contribution in [3.63, 3.8) is 0 Å². The molecule has 0 aromatic heterocycles. The van der Waals surface area contributed by atoms with Gasteiger partial charge in [-0.05, 0) is 38.7 Å². The van der Waals surface area contributed by atoms with Crippen LogP contribution >= 0.6 is 24.0 Å². The molecule has 1 unspecified atom stereocenters. The average molecular weight is 505 g/mol. The molecule has 1 saturated carbocycles. The first-order valence-electron chi connectivity index (χ1n) is 9.75. The van der Waals surface area contributed by atoms with Crippen LogP contribution in [0.2, 0.25) is 0 Å². The average Bonchev–Trinajstić information content (AvgIpc) is 3.20. The number of hydrogen-bond acceptors (Lipinski definition) is 3. The first-order chi connectivity index (χ1) is 12.4. The minimum atomic E-state index is -2.89. The van der Waals surface area contributed by atoms with Gasteiger partial charge in [0.05, 0.1) is 18.1 Å². The second-order valence-electron chi connectivity index (χ2n) is 7.80. The van der Waals surface area contributed by atoms with E-state index in [1.807, 2.05) is 6.92 Å².